The van der Waals surface area contributed by atoms with Gasteiger partial charge in [-0.25, -0.2) is 14.4 Å². The minimum atomic E-state index is -1.20. The first-order valence-electron chi connectivity index (χ1n) is 8.78. The minimum Gasteiger partial charge on any atom is -0.493 e. The predicted molar refractivity (Wildman–Crippen MR) is 108 cm³/mol. The Balaban J connectivity index is 1.63. The van der Waals surface area contributed by atoms with Gasteiger partial charge in [0.05, 0.1) is 22.2 Å². The van der Waals surface area contributed by atoms with Crippen LogP contribution in [0, 0.1) is 0 Å². The maximum absolute atomic E-state index is 12.0. The normalized spacial score (nSPS) is 11.8. The summed E-state index contributed by atoms with van der Waals surface area (Å²) in [6, 6.07) is 6.79. The van der Waals surface area contributed by atoms with Crippen LogP contribution in [0.1, 0.15) is 20.7 Å². The monoisotopic (exact) mass is 436 g/mol. The summed E-state index contributed by atoms with van der Waals surface area (Å²) in [5.41, 5.74) is 0.270. The van der Waals surface area contributed by atoms with Crippen LogP contribution in [-0.4, -0.2) is 48.4 Å². The molecule has 0 aliphatic heterocycles. The van der Waals surface area contributed by atoms with Gasteiger partial charge in [-0.3, -0.25) is 0 Å². The molecule has 13 nitrogen and oxygen atoms in total. The van der Waals surface area contributed by atoms with E-state index in [2.05, 4.69) is 30.4 Å². The van der Waals surface area contributed by atoms with Crippen molar-refractivity contribution in [1.82, 2.24) is 9.97 Å². The first-order valence-corrected chi connectivity index (χ1v) is 8.78. The molecule has 0 aliphatic rings. The van der Waals surface area contributed by atoms with E-state index in [1.165, 1.54) is 36.4 Å². The molecule has 0 saturated heterocycles. The number of carbonyl (C=O) groups excluding carboxylic acids is 1. The molecular formula is C19H12N6O7. The molecule has 2 aromatic carbocycles. The van der Waals surface area contributed by atoms with Gasteiger partial charge in [-0.1, -0.05) is 10.2 Å². The fourth-order valence-corrected chi connectivity index (χ4v) is 3.00. The molecule has 160 valence electrons. The standard InChI is InChI=1S/C19H12N6O7/c26-15-13(9-5-7(17(28)29)1-3-11(9)20-15)22-24-19(32)25-23-14-10-6-8(18(30)31)2-4-12(10)21-16(14)27/h1-6,20-21,26-27H,(H,28,29)(H,30,31). The Kier molecular flexibility index (Phi) is 4.83. The van der Waals surface area contributed by atoms with Gasteiger partial charge < -0.3 is 30.4 Å². The average molecular weight is 436 g/mol. The summed E-state index contributed by atoms with van der Waals surface area (Å²) < 4.78 is 0. The smallest absolute Gasteiger partial charge is 0.404 e. The molecule has 4 rings (SSSR count). The van der Waals surface area contributed by atoms with E-state index >= 15 is 0 Å². The fraction of sp³-hybridized carbons (Fsp3) is 0. The predicted octanol–water partition coefficient (Wildman–Crippen LogP) is 4.44. The topological polar surface area (TPSA) is 213 Å². The van der Waals surface area contributed by atoms with Gasteiger partial charge in [0.25, 0.3) is 0 Å². The van der Waals surface area contributed by atoms with Crippen molar-refractivity contribution in [1.29, 1.82) is 0 Å². The number of nitrogens with zero attached hydrogens (tertiary/aromatic N) is 4. The van der Waals surface area contributed by atoms with Gasteiger partial charge in [-0.15, -0.1) is 10.2 Å². The van der Waals surface area contributed by atoms with Crippen molar-refractivity contribution in [2.24, 2.45) is 20.5 Å². The number of rotatable bonds is 4. The molecule has 0 fully saturated rings. The van der Waals surface area contributed by atoms with Crippen LogP contribution in [0.4, 0.5) is 16.2 Å². The number of H-pyrrole nitrogens is 2. The molecule has 32 heavy (non-hydrogen) atoms. The number of benzene rings is 2. The number of aromatic amines is 2. The van der Waals surface area contributed by atoms with Crippen molar-refractivity contribution in [2.45, 2.75) is 0 Å². The van der Waals surface area contributed by atoms with Gasteiger partial charge in [0.15, 0.2) is 11.4 Å². The van der Waals surface area contributed by atoms with Crippen molar-refractivity contribution in [2.75, 3.05) is 0 Å². The zero-order valence-electron chi connectivity index (χ0n) is 15.8. The molecule has 0 saturated carbocycles. The van der Waals surface area contributed by atoms with E-state index in [1.54, 1.807) is 0 Å². The van der Waals surface area contributed by atoms with Gasteiger partial charge in [0.2, 0.25) is 11.8 Å². The van der Waals surface area contributed by atoms with Crippen LogP contribution in [-0.2, 0) is 0 Å². The van der Waals surface area contributed by atoms with Crippen LogP contribution >= 0.6 is 0 Å². The summed E-state index contributed by atoms with van der Waals surface area (Å²) in [7, 11) is 0. The quantitative estimate of drug-likeness (QED) is 0.253. The van der Waals surface area contributed by atoms with Crippen molar-refractivity contribution >= 4 is 51.2 Å². The summed E-state index contributed by atoms with van der Waals surface area (Å²) in [6.07, 6.45) is 0. The lowest BCUT2D eigenvalue weighted by Gasteiger charge is -1.95. The molecule has 0 spiro atoms. The second-order valence-electron chi connectivity index (χ2n) is 6.46. The maximum atomic E-state index is 12.0. The summed E-state index contributed by atoms with van der Waals surface area (Å²) in [4.78, 5) is 39.4. The number of carboxylic acids is 2. The van der Waals surface area contributed by atoms with Crippen molar-refractivity contribution < 1.29 is 34.8 Å². The number of hydrogen-bond acceptors (Lipinski definition) is 7. The second kappa shape index (κ2) is 7.64. The van der Waals surface area contributed by atoms with Crippen molar-refractivity contribution in [3.63, 3.8) is 0 Å². The number of urea groups is 1. The Morgan fingerprint density at radius 2 is 1.09 bits per heavy atom. The van der Waals surface area contributed by atoms with Crippen molar-refractivity contribution in [3.8, 4) is 11.8 Å². The molecule has 0 bridgehead atoms. The first-order chi connectivity index (χ1) is 15.2. The molecule has 6 N–H and O–H groups in total. The SMILES string of the molecule is O=C(N=Nc1c(O)[nH]c2ccc(C(=O)O)cc12)N=Nc1c(O)[nH]c2ccc(C(=O)O)cc12. The van der Waals surface area contributed by atoms with E-state index in [0.29, 0.717) is 11.0 Å². The summed E-state index contributed by atoms with van der Waals surface area (Å²) in [5, 5.41) is 52.5. The van der Waals surface area contributed by atoms with Crippen molar-refractivity contribution in [3.05, 3.63) is 47.5 Å². The molecule has 0 unspecified atom stereocenters. The van der Waals surface area contributed by atoms with Gasteiger partial charge in [-0.2, -0.15) is 0 Å². The zero-order valence-corrected chi connectivity index (χ0v) is 15.8. The number of nitrogens with one attached hydrogen (secondary N) is 2. The lowest BCUT2D eigenvalue weighted by molar-refractivity contribution is 0.0686. The Morgan fingerprint density at radius 3 is 1.47 bits per heavy atom. The Labute approximate surface area is 176 Å². The molecule has 2 amide bonds. The summed E-state index contributed by atoms with van der Waals surface area (Å²) in [6.45, 7) is 0. The van der Waals surface area contributed by atoms with Crippen LogP contribution in [0.3, 0.4) is 0 Å². The van der Waals surface area contributed by atoms with Gasteiger partial charge in [0, 0.05) is 10.8 Å². The van der Waals surface area contributed by atoms with Gasteiger partial charge >= 0.3 is 18.0 Å². The third kappa shape index (κ3) is 3.60. The van der Waals surface area contributed by atoms with E-state index in [9.17, 15) is 24.6 Å². The number of aromatic hydroxyl groups is 2. The average Bonchev–Trinajstić information content (AvgIpc) is 3.24. The highest BCUT2D eigenvalue weighted by Gasteiger charge is 2.15. The zero-order chi connectivity index (χ0) is 23.0. The Hall–Kier alpha value is -5.07. The van der Waals surface area contributed by atoms with E-state index in [0.717, 1.165) is 0 Å². The maximum Gasteiger partial charge on any atom is 0.404 e. The number of carbonyl (C=O) groups is 3. The Morgan fingerprint density at radius 1 is 0.688 bits per heavy atom. The van der Waals surface area contributed by atoms with Crippen LogP contribution in [0.5, 0.6) is 11.8 Å². The highest BCUT2D eigenvalue weighted by atomic mass is 16.4. The van der Waals surface area contributed by atoms with Gasteiger partial charge in [0.1, 0.15) is 0 Å². The third-order valence-electron chi connectivity index (χ3n) is 4.47. The van der Waals surface area contributed by atoms with E-state index in [1.807, 2.05) is 0 Å². The largest absolute Gasteiger partial charge is 0.493 e. The van der Waals surface area contributed by atoms with Crippen LogP contribution in [0.15, 0.2) is 56.9 Å². The van der Waals surface area contributed by atoms with Crippen LogP contribution in [0.2, 0.25) is 0 Å². The number of fused-ring (bicyclic) bond motifs is 2. The van der Waals surface area contributed by atoms with E-state index in [4.69, 9.17) is 10.2 Å². The lowest BCUT2D eigenvalue weighted by Crippen LogP contribution is -1.94. The molecule has 0 radical (unpaired) electrons. The number of azo groups is 2. The summed E-state index contributed by atoms with van der Waals surface area (Å²) in [5.74, 6) is -3.26. The van der Waals surface area contributed by atoms with E-state index in [-0.39, 0.29) is 33.3 Å². The number of aromatic carboxylic acids is 2. The minimum absolute atomic E-state index is 0.0606. The second-order valence-corrected chi connectivity index (χ2v) is 6.46. The lowest BCUT2D eigenvalue weighted by atomic mass is 10.1. The Bertz CT molecular complexity index is 1370. The fourth-order valence-electron chi connectivity index (χ4n) is 3.00. The number of amides is 2. The molecule has 2 heterocycles. The van der Waals surface area contributed by atoms with Crippen LogP contribution < -0.4 is 0 Å². The van der Waals surface area contributed by atoms with E-state index < -0.39 is 29.7 Å². The third-order valence-corrected chi connectivity index (χ3v) is 4.47. The number of carboxylic acid groups (broad SMARTS) is 2. The molecule has 13 heteroatoms. The first kappa shape index (κ1) is 20.2. The molecule has 4 aromatic rings. The summed E-state index contributed by atoms with van der Waals surface area (Å²) >= 11 is 0. The number of aromatic nitrogens is 2. The molecule has 0 atom stereocenters. The molecule has 2 aromatic heterocycles. The number of hydrogen-bond donors (Lipinski definition) is 6. The molecular weight excluding hydrogens is 424 g/mol. The molecule has 0 aliphatic carbocycles. The highest BCUT2D eigenvalue weighted by molar-refractivity contribution is 6.01. The van der Waals surface area contributed by atoms with Gasteiger partial charge in [-0.05, 0) is 36.4 Å². The van der Waals surface area contributed by atoms with Crippen LogP contribution in [0.25, 0.3) is 21.8 Å². The highest BCUT2D eigenvalue weighted by Crippen LogP contribution is 2.37.